The van der Waals surface area contributed by atoms with Crippen molar-refractivity contribution in [3.05, 3.63) is 76.9 Å². The van der Waals surface area contributed by atoms with Gasteiger partial charge >= 0.3 is 0 Å². The van der Waals surface area contributed by atoms with Crippen LogP contribution in [0.15, 0.2) is 58.2 Å². The zero-order valence-electron chi connectivity index (χ0n) is 13.5. The second-order valence-corrected chi connectivity index (χ2v) is 6.35. The van der Waals surface area contributed by atoms with Gasteiger partial charge in [-0.3, -0.25) is 4.79 Å². The van der Waals surface area contributed by atoms with Crippen molar-refractivity contribution >= 4 is 17.7 Å². The van der Waals surface area contributed by atoms with E-state index in [1.54, 1.807) is 0 Å². The van der Waals surface area contributed by atoms with Gasteiger partial charge in [-0.15, -0.1) is 10.2 Å². The number of nitrogens with zero attached hydrogens (tertiary/aromatic N) is 2. The molecule has 0 saturated carbocycles. The number of thioether (sulfide) groups is 1. The number of carbonyl (C=O) groups is 1. The van der Waals surface area contributed by atoms with Gasteiger partial charge in [0.05, 0.1) is 6.54 Å². The fourth-order valence-electron chi connectivity index (χ4n) is 2.06. The van der Waals surface area contributed by atoms with Gasteiger partial charge in [0.2, 0.25) is 5.89 Å². The number of amides is 1. The van der Waals surface area contributed by atoms with Crippen LogP contribution in [0.4, 0.5) is 4.39 Å². The number of carbonyl (C=O) groups excluding carboxylic acids is 1. The molecule has 1 aromatic heterocycles. The van der Waals surface area contributed by atoms with Crippen LogP contribution >= 0.6 is 11.8 Å². The van der Waals surface area contributed by atoms with Crippen molar-refractivity contribution in [3.63, 3.8) is 0 Å². The van der Waals surface area contributed by atoms with Gasteiger partial charge in [0.15, 0.2) is 0 Å². The Bertz CT molecular complexity index is 848. The lowest BCUT2D eigenvalue weighted by molar-refractivity contribution is 0.0946. The van der Waals surface area contributed by atoms with Crippen LogP contribution in [0.1, 0.15) is 27.4 Å². The molecular weight excluding hydrogens is 341 g/mol. The third kappa shape index (κ3) is 4.90. The normalized spacial score (nSPS) is 10.6. The molecule has 128 valence electrons. The number of rotatable bonds is 6. The summed E-state index contributed by atoms with van der Waals surface area (Å²) in [5, 5.41) is 11.0. The highest BCUT2D eigenvalue weighted by Crippen LogP contribution is 2.21. The van der Waals surface area contributed by atoms with Gasteiger partial charge in [0.25, 0.3) is 11.1 Å². The van der Waals surface area contributed by atoms with Crippen molar-refractivity contribution < 1.29 is 13.6 Å². The summed E-state index contributed by atoms with van der Waals surface area (Å²) in [5.74, 6) is 0.335. The monoisotopic (exact) mass is 357 g/mol. The van der Waals surface area contributed by atoms with E-state index in [2.05, 4.69) is 39.8 Å². The van der Waals surface area contributed by atoms with E-state index >= 15 is 0 Å². The quantitative estimate of drug-likeness (QED) is 0.681. The number of hydrogen-bond donors (Lipinski definition) is 1. The predicted octanol–water partition coefficient (Wildman–Crippen LogP) is 3.74. The molecule has 1 N–H and O–H groups in total. The van der Waals surface area contributed by atoms with Crippen molar-refractivity contribution in [3.8, 4) is 0 Å². The average Bonchev–Trinajstić information content (AvgIpc) is 3.08. The van der Waals surface area contributed by atoms with Crippen molar-refractivity contribution in [1.82, 2.24) is 15.5 Å². The Balaban J connectivity index is 1.50. The van der Waals surface area contributed by atoms with E-state index in [1.165, 1.54) is 47.2 Å². The Labute approximate surface area is 148 Å². The molecule has 0 spiro atoms. The zero-order valence-corrected chi connectivity index (χ0v) is 14.3. The molecule has 3 rings (SSSR count). The van der Waals surface area contributed by atoms with Crippen molar-refractivity contribution in [2.45, 2.75) is 24.4 Å². The highest BCUT2D eigenvalue weighted by Gasteiger charge is 2.10. The first-order chi connectivity index (χ1) is 12.1. The number of hydrogen-bond acceptors (Lipinski definition) is 5. The van der Waals surface area contributed by atoms with E-state index in [-0.39, 0.29) is 18.3 Å². The van der Waals surface area contributed by atoms with Crippen molar-refractivity contribution in [1.29, 1.82) is 0 Å². The maximum absolute atomic E-state index is 12.9. The lowest BCUT2D eigenvalue weighted by atomic mass is 10.2. The predicted molar refractivity (Wildman–Crippen MR) is 92.6 cm³/mol. The molecule has 0 fully saturated rings. The number of benzene rings is 2. The molecular formula is C18H16FN3O2S. The molecule has 1 amide bonds. The Hall–Kier alpha value is -2.67. The minimum Gasteiger partial charge on any atom is -0.414 e. The SMILES string of the molecule is Cc1ccc(CSc2nnc(CNC(=O)c3ccc(F)cc3)o2)cc1. The smallest absolute Gasteiger partial charge is 0.276 e. The van der Waals surface area contributed by atoms with Crippen LogP contribution in [-0.2, 0) is 12.3 Å². The third-order valence-corrected chi connectivity index (χ3v) is 4.33. The first-order valence-electron chi connectivity index (χ1n) is 7.64. The first-order valence-corrected chi connectivity index (χ1v) is 8.63. The number of aromatic nitrogens is 2. The second kappa shape index (κ2) is 7.94. The molecule has 0 aliphatic heterocycles. The van der Waals surface area contributed by atoms with Crippen molar-refractivity contribution in [2.24, 2.45) is 0 Å². The standard InChI is InChI=1S/C18H16FN3O2S/c1-12-2-4-13(5-3-12)11-25-18-22-21-16(24-18)10-20-17(23)14-6-8-15(19)9-7-14/h2-9H,10-11H2,1H3,(H,20,23). The van der Waals surface area contributed by atoms with E-state index in [1.807, 2.05) is 6.92 Å². The molecule has 7 heteroatoms. The maximum atomic E-state index is 12.9. The fraction of sp³-hybridized carbons (Fsp3) is 0.167. The Kier molecular flexibility index (Phi) is 5.45. The second-order valence-electron chi connectivity index (χ2n) is 5.43. The van der Waals surface area contributed by atoms with E-state index in [0.717, 1.165) is 5.75 Å². The zero-order chi connectivity index (χ0) is 17.6. The molecule has 5 nitrogen and oxygen atoms in total. The van der Waals surface area contributed by atoms with Gasteiger partial charge < -0.3 is 9.73 Å². The lowest BCUT2D eigenvalue weighted by Crippen LogP contribution is -2.22. The van der Waals surface area contributed by atoms with Crippen LogP contribution in [0.3, 0.4) is 0 Å². The van der Waals surface area contributed by atoms with Gasteiger partial charge in [0, 0.05) is 11.3 Å². The number of aryl methyl sites for hydroxylation is 1. The summed E-state index contributed by atoms with van der Waals surface area (Å²) in [6, 6.07) is 13.5. The molecule has 0 aliphatic rings. The summed E-state index contributed by atoms with van der Waals surface area (Å²) >= 11 is 1.44. The molecule has 0 atom stereocenters. The van der Waals surface area contributed by atoms with Crippen LogP contribution in [-0.4, -0.2) is 16.1 Å². The first kappa shape index (κ1) is 17.2. The highest BCUT2D eigenvalue weighted by atomic mass is 32.2. The molecule has 0 aliphatic carbocycles. The summed E-state index contributed by atoms with van der Waals surface area (Å²) in [6.07, 6.45) is 0. The topological polar surface area (TPSA) is 68.0 Å². The Morgan fingerprint density at radius 2 is 1.84 bits per heavy atom. The molecule has 1 heterocycles. The number of halogens is 1. The summed E-state index contributed by atoms with van der Waals surface area (Å²) < 4.78 is 18.4. The minimum atomic E-state index is -0.385. The van der Waals surface area contributed by atoms with E-state index in [4.69, 9.17) is 4.42 Å². The largest absolute Gasteiger partial charge is 0.414 e. The van der Waals surface area contributed by atoms with Gasteiger partial charge in [0.1, 0.15) is 5.82 Å². The van der Waals surface area contributed by atoms with Gasteiger partial charge in [-0.05, 0) is 36.8 Å². The number of nitrogens with one attached hydrogen (secondary N) is 1. The Morgan fingerprint density at radius 1 is 1.12 bits per heavy atom. The average molecular weight is 357 g/mol. The molecule has 2 aromatic carbocycles. The van der Waals surface area contributed by atoms with Crippen LogP contribution < -0.4 is 5.32 Å². The van der Waals surface area contributed by atoms with Gasteiger partial charge in [-0.25, -0.2) is 4.39 Å². The van der Waals surface area contributed by atoms with Gasteiger partial charge in [-0.2, -0.15) is 0 Å². The van der Waals surface area contributed by atoms with Crippen LogP contribution in [0.25, 0.3) is 0 Å². The molecule has 0 saturated heterocycles. The van der Waals surface area contributed by atoms with E-state index in [0.29, 0.717) is 16.7 Å². The summed E-state index contributed by atoms with van der Waals surface area (Å²) in [4.78, 5) is 11.9. The summed E-state index contributed by atoms with van der Waals surface area (Å²) in [6.45, 7) is 2.16. The highest BCUT2D eigenvalue weighted by molar-refractivity contribution is 7.98. The fourth-order valence-corrected chi connectivity index (χ4v) is 2.79. The molecule has 0 unspecified atom stereocenters. The maximum Gasteiger partial charge on any atom is 0.276 e. The van der Waals surface area contributed by atoms with E-state index < -0.39 is 0 Å². The minimum absolute atomic E-state index is 0.119. The van der Waals surface area contributed by atoms with Gasteiger partial charge in [-0.1, -0.05) is 41.6 Å². The van der Waals surface area contributed by atoms with Crippen LogP contribution in [0, 0.1) is 12.7 Å². The van der Waals surface area contributed by atoms with Crippen LogP contribution in [0.5, 0.6) is 0 Å². The molecule has 0 radical (unpaired) electrons. The molecule has 3 aromatic rings. The van der Waals surface area contributed by atoms with Crippen molar-refractivity contribution in [2.75, 3.05) is 0 Å². The molecule has 0 bridgehead atoms. The third-order valence-electron chi connectivity index (χ3n) is 3.44. The summed E-state index contributed by atoms with van der Waals surface area (Å²) in [5.41, 5.74) is 2.75. The lowest BCUT2D eigenvalue weighted by Gasteiger charge is -2.02. The van der Waals surface area contributed by atoms with E-state index in [9.17, 15) is 9.18 Å². The summed E-state index contributed by atoms with van der Waals surface area (Å²) in [7, 11) is 0. The van der Waals surface area contributed by atoms with Crippen LogP contribution in [0.2, 0.25) is 0 Å². The Morgan fingerprint density at radius 3 is 2.56 bits per heavy atom. The molecule has 25 heavy (non-hydrogen) atoms.